The predicted molar refractivity (Wildman–Crippen MR) is 122 cm³/mol. The number of nitrogens with zero attached hydrogens (tertiary/aromatic N) is 3. The van der Waals surface area contributed by atoms with Gasteiger partial charge in [-0.1, -0.05) is 42.5 Å². The predicted octanol–water partition coefficient (Wildman–Crippen LogP) is 3.35. The second-order valence-electron chi connectivity index (χ2n) is 7.60. The second-order valence-corrected chi connectivity index (χ2v) is 7.60. The molecule has 0 saturated carbocycles. The molecule has 0 bridgehead atoms. The summed E-state index contributed by atoms with van der Waals surface area (Å²) >= 11 is 0. The Morgan fingerprint density at radius 2 is 1.68 bits per heavy atom. The van der Waals surface area contributed by atoms with Gasteiger partial charge in [-0.2, -0.15) is 0 Å². The van der Waals surface area contributed by atoms with Crippen molar-refractivity contribution in [1.82, 2.24) is 25.3 Å². The highest BCUT2D eigenvalue weighted by Gasteiger charge is 2.20. The summed E-state index contributed by atoms with van der Waals surface area (Å²) in [6.45, 7) is 4.32. The molecule has 0 radical (unpaired) electrons. The quantitative estimate of drug-likeness (QED) is 0.411. The van der Waals surface area contributed by atoms with Crippen LogP contribution in [0.2, 0.25) is 0 Å². The molecule has 4 aromatic rings. The van der Waals surface area contributed by atoms with Crippen LogP contribution in [0.4, 0.5) is 5.95 Å². The van der Waals surface area contributed by atoms with Crippen LogP contribution in [0.3, 0.4) is 0 Å². The van der Waals surface area contributed by atoms with E-state index in [-0.39, 0.29) is 5.91 Å². The Kier molecular flexibility index (Phi) is 6.21. The number of hydrogen-bond acceptors (Lipinski definition) is 5. The lowest BCUT2D eigenvalue weighted by Crippen LogP contribution is -2.42. The third-order valence-electron chi connectivity index (χ3n) is 4.98. The second kappa shape index (κ2) is 9.38. The molecule has 0 aliphatic rings. The van der Waals surface area contributed by atoms with Crippen molar-refractivity contribution in [2.24, 2.45) is 0 Å². The number of para-hydroxylation sites is 2. The first kappa shape index (κ1) is 20.5. The average molecular weight is 415 g/mol. The van der Waals surface area contributed by atoms with Gasteiger partial charge >= 0.3 is 0 Å². The van der Waals surface area contributed by atoms with Crippen LogP contribution in [-0.4, -0.2) is 38.4 Å². The van der Waals surface area contributed by atoms with E-state index in [2.05, 4.69) is 30.6 Å². The molecule has 7 heteroatoms. The van der Waals surface area contributed by atoms with Crippen LogP contribution in [0.15, 0.2) is 60.7 Å². The smallest absolute Gasteiger partial charge is 0.242 e. The van der Waals surface area contributed by atoms with Gasteiger partial charge < -0.3 is 15.6 Å². The average Bonchev–Trinajstić information content (AvgIpc) is 3.16. The first-order chi connectivity index (χ1) is 15.1. The fraction of sp³-hybridized carbons (Fsp3) is 0.250. The van der Waals surface area contributed by atoms with E-state index in [4.69, 9.17) is 0 Å². The Hall–Kier alpha value is -3.74. The zero-order valence-electron chi connectivity index (χ0n) is 17.7. The van der Waals surface area contributed by atoms with Gasteiger partial charge in [-0.15, -0.1) is 0 Å². The maximum absolute atomic E-state index is 13.0. The Morgan fingerprint density at radius 1 is 0.968 bits per heavy atom. The molecule has 0 aliphatic carbocycles. The van der Waals surface area contributed by atoms with Crippen molar-refractivity contribution in [3.63, 3.8) is 0 Å². The summed E-state index contributed by atoms with van der Waals surface area (Å²) in [5.74, 6) is 1.22. The number of carbonyl (C=O) groups is 1. The van der Waals surface area contributed by atoms with Gasteiger partial charge in [0.2, 0.25) is 11.9 Å². The van der Waals surface area contributed by atoms with Crippen molar-refractivity contribution in [2.45, 2.75) is 32.7 Å². The van der Waals surface area contributed by atoms with E-state index in [0.717, 1.165) is 33.8 Å². The van der Waals surface area contributed by atoms with Crippen LogP contribution < -0.4 is 10.6 Å². The molecule has 0 aliphatic heterocycles. The molecular formula is C24H26N6O. The SMILES string of the molecule is Cc1cc(C)nc(N[C@H](Cc2ccccc2)C(=O)NCCc2nc3ccccc3[nH]2)n1. The number of rotatable bonds is 8. The molecule has 2 aromatic heterocycles. The summed E-state index contributed by atoms with van der Waals surface area (Å²) in [4.78, 5) is 29.7. The summed E-state index contributed by atoms with van der Waals surface area (Å²) in [6, 6.07) is 19.3. The van der Waals surface area contributed by atoms with Crippen molar-refractivity contribution in [3.8, 4) is 0 Å². The lowest BCUT2D eigenvalue weighted by molar-refractivity contribution is -0.121. The number of aromatic nitrogens is 4. The van der Waals surface area contributed by atoms with Crippen LogP contribution in [0, 0.1) is 13.8 Å². The Bertz CT molecular complexity index is 1120. The number of amides is 1. The fourth-order valence-electron chi connectivity index (χ4n) is 3.56. The number of anilines is 1. The third-order valence-corrected chi connectivity index (χ3v) is 4.98. The molecular weight excluding hydrogens is 388 g/mol. The standard InChI is InChI=1S/C24H26N6O/c1-16-14-17(2)27-24(26-16)30-21(15-18-8-4-3-5-9-18)23(31)25-13-12-22-28-19-10-6-7-11-20(19)29-22/h3-11,14,21H,12-13,15H2,1-2H3,(H,25,31)(H,28,29)(H,26,27,30)/t21-/m1/s1. The molecule has 158 valence electrons. The zero-order chi connectivity index (χ0) is 21.6. The van der Waals surface area contributed by atoms with Crippen LogP contribution in [-0.2, 0) is 17.6 Å². The number of H-pyrrole nitrogens is 1. The summed E-state index contributed by atoms with van der Waals surface area (Å²) in [5, 5.41) is 6.25. The molecule has 3 N–H and O–H groups in total. The number of imidazole rings is 1. The molecule has 31 heavy (non-hydrogen) atoms. The lowest BCUT2D eigenvalue weighted by Gasteiger charge is -2.19. The monoisotopic (exact) mass is 414 g/mol. The summed E-state index contributed by atoms with van der Waals surface area (Å²) < 4.78 is 0. The first-order valence-corrected chi connectivity index (χ1v) is 10.4. The Labute approximate surface area is 181 Å². The topological polar surface area (TPSA) is 95.6 Å². The fourth-order valence-corrected chi connectivity index (χ4v) is 3.56. The summed E-state index contributed by atoms with van der Waals surface area (Å²) in [6.07, 6.45) is 1.16. The van der Waals surface area contributed by atoms with E-state index < -0.39 is 6.04 Å². The number of fused-ring (bicyclic) bond motifs is 1. The van der Waals surface area contributed by atoms with E-state index >= 15 is 0 Å². The van der Waals surface area contributed by atoms with Crippen LogP contribution in [0.5, 0.6) is 0 Å². The van der Waals surface area contributed by atoms with Crippen molar-refractivity contribution in [2.75, 3.05) is 11.9 Å². The van der Waals surface area contributed by atoms with Crippen molar-refractivity contribution in [1.29, 1.82) is 0 Å². The normalized spacial score (nSPS) is 11.9. The molecule has 0 spiro atoms. The van der Waals surface area contributed by atoms with Gasteiger partial charge in [0.25, 0.3) is 0 Å². The minimum atomic E-state index is -0.487. The number of carbonyl (C=O) groups excluding carboxylic acids is 1. The van der Waals surface area contributed by atoms with Crippen LogP contribution in [0.1, 0.15) is 22.8 Å². The van der Waals surface area contributed by atoms with E-state index in [1.54, 1.807) is 0 Å². The largest absolute Gasteiger partial charge is 0.354 e. The van der Waals surface area contributed by atoms with E-state index in [9.17, 15) is 4.79 Å². The van der Waals surface area contributed by atoms with Crippen LogP contribution in [0.25, 0.3) is 11.0 Å². The third kappa shape index (κ3) is 5.45. The molecule has 2 heterocycles. The number of nitrogens with one attached hydrogen (secondary N) is 3. The van der Waals surface area contributed by atoms with E-state index in [0.29, 0.717) is 25.3 Å². The van der Waals surface area contributed by atoms with E-state index in [1.165, 1.54) is 0 Å². The molecule has 4 rings (SSSR count). The highest BCUT2D eigenvalue weighted by molar-refractivity contribution is 5.84. The number of aryl methyl sites for hydroxylation is 2. The molecule has 0 unspecified atom stereocenters. The lowest BCUT2D eigenvalue weighted by atomic mass is 10.1. The van der Waals surface area contributed by atoms with Crippen LogP contribution >= 0.6 is 0 Å². The molecule has 0 saturated heterocycles. The first-order valence-electron chi connectivity index (χ1n) is 10.4. The number of benzene rings is 2. The van der Waals surface area contributed by atoms with Crippen molar-refractivity contribution < 1.29 is 4.79 Å². The highest BCUT2D eigenvalue weighted by atomic mass is 16.2. The van der Waals surface area contributed by atoms with Crippen molar-refractivity contribution in [3.05, 3.63) is 83.4 Å². The Morgan fingerprint density at radius 3 is 2.42 bits per heavy atom. The molecule has 2 aromatic carbocycles. The zero-order valence-corrected chi connectivity index (χ0v) is 17.7. The molecule has 1 amide bonds. The molecule has 0 fully saturated rings. The van der Waals surface area contributed by atoms with Gasteiger partial charge in [0.05, 0.1) is 11.0 Å². The maximum atomic E-state index is 13.0. The minimum Gasteiger partial charge on any atom is -0.354 e. The van der Waals surface area contributed by atoms with Crippen molar-refractivity contribution >= 4 is 22.9 Å². The van der Waals surface area contributed by atoms with Gasteiger partial charge in [0.1, 0.15) is 11.9 Å². The van der Waals surface area contributed by atoms with Gasteiger partial charge in [0.15, 0.2) is 0 Å². The summed E-state index contributed by atoms with van der Waals surface area (Å²) in [5.41, 5.74) is 4.72. The molecule has 1 atom stereocenters. The molecule has 7 nitrogen and oxygen atoms in total. The number of hydrogen-bond donors (Lipinski definition) is 3. The maximum Gasteiger partial charge on any atom is 0.242 e. The van der Waals surface area contributed by atoms with Gasteiger partial charge in [-0.3, -0.25) is 4.79 Å². The van der Waals surface area contributed by atoms with Gasteiger partial charge in [-0.05, 0) is 37.6 Å². The van der Waals surface area contributed by atoms with Gasteiger partial charge in [-0.25, -0.2) is 15.0 Å². The number of aromatic amines is 1. The highest BCUT2D eigenvalue weighted by Crippen LogP contribution is 2.12. The van der Waals surface area contributed by atoms with E-state index in [1.807, 2.05) is 74.5 Å². The van der Waals surface area contributed by atoms with Gasteiger partial charge in [0, 0.05) is 30.8 Å². The minimum absolute atomic E-state index is 0.0947. The Balaban J connectivity index is 1.43. The summed E-state index contributed by atoms with van der Waals surface area (Å²) in [7, 11) is 0.